The second-order valence-corrected chi connectivity index (χ2v) is 3.51. The molecule has 0 bridgehead atoms. The Balaban J connectivity index is 2.45. The normalized spacial score (nSPS) is 9.94. The molecule has 2 rings (SSSR count). The average Bonchev–Trinajstić information content (AvgIpc) is 2.40. The van der Waals surface area contributed by atoms with Gasteiger partial charge in [0.1, 0.15) is 0 Å². The molecule has 2 aromatic rings. The third kappa shape index (κ3) is 2.52. The van der Waals surface area contributed by atoms with Gasteiger partial charge in [0.15, 0.2) is 0 Å². The second-order valence-electron chi connectivity index (χ2n) is 3.51. The highest BCUT2D eigenvalue weighted by Crippen LogP contribution is 2.23. The summed E-state index contributed by atoms with van der Waals surface area (Å²) in [6.07, 6.45) is 0. The Bertz CT molecular complexity index is 509. The lowest BCUT2D eigenvalue weighted by atomic mass is 10.00. The first kappa shape index (κ1) is 11.4. The van der Waals surface area contributed by atoms with E-state index < -0.39 is 0 Å². The van der Waals surface area contributed by atoms with Gasteiger partial charge in [0.2, 0.25) is 0 Å². The van der Waals surface area contributed by atoms with Crippen LogP contribution < -0.4 is 5.48 Å². The molecule has 0 saturated carbocycles. The molecule has 0 aliphatic carbocycles. The molecule has 3 nitrogen and oxygen atoms in total. The standard InChI is InChI=1S/C14H13NO2/c1-15-17-14(16)13-10-6-5-9-12(13)11-7-3-2-4-8-11/h2-10,15H,1H3. The van der Waals surface area contributed by atoms with Gasteiger partial charge < -0.3 is 4.84 Å². The summed E-state index contributed by atoms with van der Waals surface area (Å²) in [6.45, 7) is 0. The summed E-state index contributed by atoms with van der Waals surface area (Å²) in [5, 5.41) is 0. The van der Waals surface area contributed by atoms with E-state index in [9.17, 15) is 4.79 Å². The fraction of sp³-hybridized carbons (Fsp3) is 0.0714. The number of carbonyl (C=O) groups is 1. The second kappa shape index (κ2) is 5.27. The van der Waals surface area contributed by atoms with E-state index in [1.807, 2.05) is 48.5 Å². The van der Waals surface area contributed by atoms with Gasteiger partial charge in [-0.2, -0.15) is 5.48 Å². The third-order valence-corrected chi connectivity index (χ3v) is 2.43. The molecule has 0 saturated heterocycles. The summed E-state index contributed by atoms with van der Waals surface area (Å²) in [6, 6.07) is 17.1. The molecule has 0 aliphatic heterocycles. The maximum Gasteiger partial charge on any atom is 0.357 e. The number of hydrogen-bond acceptors (Lipinski definition) is 3. The molecule has 0 fully saturated rings. The van der Waals surface area contributed by atoms with Crippen molar-refractivity contribution in [2.75, 3.05) is 7.05 Å². The summed E-state index contributed by atoms with van der Waals surface area (Å²) < 4.78 is 0. The lowest BCUT2D eigenvalue weighted by Crippen LogP contribution is -2.15. The van der Waals surface area contributed by atoms with Crippen LogP contribution in [0.4, 0.5) is 0 Å². The van der Waals surface area contributed by atoms with Gasteiger partial charge in [-0.25, -0.2) is 4.79 Å². The number of hydrogen-bond donors (Lipinski definition) is 1. The minimum atomic E-state index is -0.382. The largest absolute Gasteiger partial charge is 0.367 e. The van der Waals surface area contributed by atoms with Crippen molar-refractivity contribution in [1.29, 1.82) is 0 Å². The van der Waals surface area contributed by atoms with Crippen LogP contribution in [0, 0.1) is 0 Å². The van der Waals surface area contributed by atoms with E-state index in [2.05, 4.69) is 5.48 Å². The van der Waals surface area contributed by atoms with Crippen molar-refractivity contribution >= 4 is 5.97 Å². The van der Waals surface area contributed by atoms with Crippen molar-refractivity contribution < 1.29 is 9.63 Å². The first-order chi connectivity index (χ1) is 8.33. The van der Waals surface area contributed by atoms with E-state index >= 15 is 0 Å². The van der Waals surface area contributed by atoms with E-state index in [0.717, 1.165) is 11.1 Å². The van der Waals surface area contributed by atoms with Gasteiger partial charge in [-0.15, -0.1) is 0 Å². The van der Waals surface area contributed by atoms with Crippen molar-refractivity contribution in [3.63, 3.8) is 0 Å². The maximum absolute atomic E-state index is 11.8. The molecule has 86 valence electrons. The van der Waals surface area contributed by atoms with Crippen molar-refractivity contribution in [2.45, 2.75) is 0 Å². The van der Waals surface area contributed by atoms with E-state index in [1.54, 1.807) is 13.1 Å². The molecule has 0 radical (unpaired) electrons. The molecule has 0 aromatic heterocycles. The Morgan fingerprint density at radius 2 is 1.65 bits per heavy atom. The molecule has 0 amide bonds. The van der Waals surface area contributed by atoms with Gasteiger partial charge in [-0.05, 0) is 17.2 Å². The Labute approximate surface area is 100.0 Å². The predicted octanol–water partition coefficient (Wildman–Crippen LogP) is 2.64. The van der Waals surface area contributed by atoms with Gasteiger partial charge in [0.05, 0.1) is 5.56 Å². The summed E-state index contributed by atoms with van der Waals surface area (Å²) in [7, 11) is 1.56. The fourth-order valence-corrected chi connectivity index (χ4v) is 1.68. The minimum absolute atomic E-state index is 0.382. The monoisotopic (exact) mass is 227 g/mol. The van der Waals surface area contributed by atoms with E-state index in [1.165, 1.54) is 0 Å². The van der Waals surface area contributed by atoms with Crippen LogP contribution in [0.25, 0.3) is 11.1 Å². The van der Waals surface area contributed by atoms with Gasteiger partial charge in [-0.3, -0.25) is 0 Å². The quantitative estimate of drug-likeness (QED) is 0.819. The van der Waals surface area contributed by atoms with Crippen LogP contribution in [0.15, 0.2) is 54.6 Å². The number of hydroxylamine groups is 1. The van der Waals surface area contributed by atoms with Crippen molar-refractivity contribution in [2.24, 2.45) is 0 Å². The molecule has 0 spiro atoms. The Morgan fingerprint density at radius 3 is 2.35 bits per heavy atom. The van der Waals surface area contributed by atoms with Crippen LogP contribution in [0.3, 0.4) is 0 Å². The van der Waals surface area contributed by atoms with Gasteiger partial charge in [-0.1, -0.05) is 48.5 Å². The van der Waals surface area contributed by atoms with Crippen LogP contribution in [-0.2, 0) is 4.84 Å². The van der Waals surface area contributed by atoms with E-state index in [-0.39, 0.29) is 5.97 Å². The maximum atomic E-state index is 11.8. The lowest BCUT2D eigenvalue weighted by molar-refractivity contribution is 0.0311. The van der Waals surface area contributed by atoms with Crippen LogP contribution in [0.1, 0.15) is 10.4 Å². The first-order valence-electron chi connectivity index (χ1n) is 5.35. The van der Waals surface area contributed by atoms with Crippen molar-refractivity contribution in [3.8, 4) is 11.1 Å². The SMILES string of the molecule is CNOC(=O)c1ccccc1-c1ccccc1. The highest BCUT2D eigenvalue weighted by atomic mass is 16.7. The first-order valence-corrected chi connectivity index (χ1v) is 5.35. The number of rotatable bonds is 3. The van der Waals surface area contributed by atoms with Crippen LogP contribution >= 0.6 is 0 Å². The van der Waals surface area contributed by atoms with Gasteiger partial charge in [0.25, 0.3) is 0 Å². The Kier molecular flexibility index (Phi) is 3.52. The summed E-state index contributed by atoms with van der Waals surface area (Å²) in [5.41, 5.74) is 4.81. The van der Waals surface area contributed by atoms with Gasteiger partial charge in [0, 0.05) is 7.05 Å². The Morgan fingerprint density at radius 1 is 1.00 bits per heavy atom. The number of nitrogens with one attached hydrogen (secondary N) is 1. The molecular weight excluding hydrogens is 214 g/mol. The van der Waals surface area contributed by atoms with Crippen molar-refractivity contribution in [1.82, 2.24) is 5.48 Å². The molecule has 0 atom stereocenters. The lowest BCUT2D eigenvalue weighted by Gasteiger charge is -2.08. The van der Waals surface area contributed by atoms with Crippen LogP contribution in [-0.4, -0.2) is 13.0 Å². The topological polar surface area (TPSA) is 38.3 Å². The minimum Gasteiger partial charge on any atom is -0.367 e. The van der Waals surface area contributed by atoms with E-state index in [0.29, 0.717) is 5.56 Å². The van der Waals surface area contributed by atoms with Crippen molar-refractivity contribution in [3.05, 3.63) is 60.2 Å². The molecule has 2 aromatic carbocycles. The predicted molar refractivity (Wildman–Crippen MR) is 66.4 cm³/mol. The highest BCUT2D eigenvalue weighted by molar-refractivity contribution is 5.97. The van der Waals surface area contributed by atoms with Crippen LogP contribution in [0.2, 0.25) is 0 Å². The molecular formula is C14H13NO2. The molecule has 0 aliphatic rings. The third-order valence-electron chi connectivity index (χ3n) is 2.43. The number of benzene rings is 2. The Hall–Kier alpha value is -2.13. The molecule has 1 N–H and O–H groups in total. The number of carbonyl (C=O) groups excluding carboxylic acids is 1. The summed E-state index contributed by atoms with van der Waals surface area (Å²) in [5.74, 6) is -0.382. The summed E-state index contributed by atoms with van der Waals surface area (Å²) in [4.78, 5) is 16.6. The molecule has 0 heterocycles. The fourth-order valence-electron chi connectivity index (χ4n) is 1.68. The molecule has 17 heavy (non-hydrogen) atoms. The zero-order valence-corrected chi connectivity index (χ0v) is 9.51. The average molecular weight is 227 g/mol. The summed E-state index contributed by atoms with van der Waals surface area (Å²) >= 11 is 0. The highest BCUT2D eigenvalue weighted by Gasteiger charge is 2.12. The van der Waals surface area contributed by atoms with Crippen LogP contribution in [0.5, 0.6) is 0 Å². The smallest absolute Gasteiger partial charge is 0.357 e. The zero-order valence-electron chi connectivity index (χ0n) is 9.51. The van der Waals surface area contributed by atoms with Gasteiger partial charge >= 0.3 is 5.97 Å². The van der Waals surface area contributed by atoms with E-state index in [4.69, 9.17) is 4.84 Å². The molecule has 0 unspecified atom stereocenters. The molecule has 3 heteroatoms. The zero-order chi connectivity index (χ0) is 12.1.